The fourth-order valence-corrected chi connectivity index (χ4v) is 2.23. The Kier molecular flexibility index (Phi) is 6.83. The second-order valence-electron chi connectivity index (χ2n) is 5.39. The summed E-state index contributed by atoms with van der Waals surface area (Å²) in [6.45, 7) is 0.767. The fraction of sp³-hybridized carbons (Fsp3) is 0.263. The van der Waals surface area contributed by atoms with Crippen LogP contribution in [0.4, 0.5) is 0 Å². The average Bonchev–Trinajstić information content (AvgIpc) is 2.61. The van der Waals surface area contributed by atoms with Gasteiger partial charge in [0.1, 0.15) is 5.75 Å². The summed E-state index contributed by atoms with van der Waals surface area (Å²) < 4.78 is 5.14. The van der Waals surface area contributed by atoms with E-state index < -0.39 is 0 Å². The number of hydrogen-bond acceptors (Lipinski definition) is 3. The summed E-state index contributed by atoms with van der Waals surface area (Å²) in [5.41, 5.74) is 1.92. The summed E-state index contributed by atoms with van der Waals surface area (Å²) in [5, 5.41) is 5.59. The number of amides is 2. The smallest absolute Gasteiger partial charge is 0.224 e. The fourth-order valence-electron chi connectivity index (χ4n) is 2.23. The van der Waals surface area contributed by atoms with E-state index in [0.29, 0.717) is 19.5 Å². The standard InChI is InChI=1S/C19H22N2O3/c1-24-17-9-5-8-16(12-17)14-21-18(22)10-11-20-19(23)13-15-6-3-2-4-7-15/h2-9,12H,10-11,13-14H2,1H3,(H,20,23)(H,21,22). The monoisotopic (exact) mass is 326 g/mol. The van der Waals surface area contributed by atoms with Crippen molar-refractivity contribution in [1.29, 1.82) is 0 Å². The molecule has 2 aromatic carbocycles. The van der Waals surface area contributed by atoms with Gasteiger partial charge < -0.3 is 15.4 Å². The van der Waals surface area contributed by atoms with Crippen LogP contribution in [0.25, 0.3) is 0 Å². The molecule has 126 valence electrons. The molecule has 0 saturated heterocycles. The molecule has 0 aliphatic heterocycles. The normalized spacial score (nSPS) is 10.0. The SMILES string of the molecule is COc1cccc(CNC(=O)CCNC(=O)Cc2ccccc2)c1. The van der Waals surface area contributed by atoms with Crippen LogP contribution in [0.15, 0.2) is 54.6 Å². The van der Waals surface area contributed by atoms with Crippen molar-refractivity contribution in [2.24, 2.45) is 0 Å². The molecule has 0 aromatic heterocycles. The van der Waals surface area contributed by atoms with Crippen molar-refractivity contribution in [3.63, 3.8) is 0 Å². The number of carbonyl (C=O) groups is 2. The van der Waals surface area contributed by atoms with E-state index in [2.05, 4.69) is 10.6 Å². The second-order valence-corrected chi connectivity index (χ2v) is 5.39. The Morgan fingerprint density at radius 2 is 1.67 bits per heavy atom. The first-order valence-electron chi connectivity index (χ1n) is 7.87. The molecule has 0 saturated carbocycles. The highest BCUT2D eigenvalue weighted by Crippen LogP contribution is 2.12. The highest BCUT2D eigenvalue weighted by molar-refractivity contribution is 5.80. The third-order valence-electron chi connectivity index (χ3n) is 3.51. The Hall–Kier alpha value is -2.82. The molecule has 24 heavy (non-hydrogen) atoms. The quantitative estimate of drug-likeness (QED) is 0.780. The molecule has 2 rings (SSSR count). The molecule has 5 heteroatoms. The van der Waals surface area contributed by atoms with Gasteiger partial charge in [-0.3, -0.25) is 9.59 Å². The van der Waals surface area contributed by atoms with Crippen molar-refractivity contribution in [3.8, 4) is 5.75 Å². The molecule has 2 N–H and O–H groups in total. The predicted octanol–water partition coefficient (Wildman–Crippen LogP) is 2.06. The van der Waals surface area contributed by atoms with Crippen LogP contribution in [-0.4, -0.2) is 25.5 Å². The molecule has 5 nitrogen and oxygen atoms in total. The number of benzene rings is 2. The maximum Gasteiger partial charge on any atom is 0.224 e. The molecular formula is C19H22N2O3. The van der Waals surface area contributed by atoms with Gasteiger partial charge in [0, 0.05) is 19.5 Å². The van der Waals surface area contributed by atoms with E-state index in [9.17, 15) is 9.59 Å². The van der Waals surface area contributed by atoms with Crippen LogP contribution in [0.1, 0.15) is 17.5 Å². The number of carbonyl (C=O) groups excluding carboxylic acids is 2. The molecule has 0 aliphatic carbocycles. The van der Waals surface area contributed by atoms with Crippen molar-refractivity contribution < 1.29 is 14.3 Å². The predicted molar refractivity (Wildman–Crippen MR) is 92.6 cm³/mol. The van der Waals surface area contributed by atoms with E-state index in [1.807, 2.05) is 54.6 Å². The van der Waals surface area contributed by atoms with Gasteiger partial charge in [0.05, 0.1) is 13.5 Å². The highest BCUT2D eigenvalue weighted by atomic mass is 16.5. The van der Waals surface area contributed by atoms with Crippen LogP contribution in [-0.2, 0) is 22.6 Å². The van der Waals surface area contributed by atoms with E-state index in [4.69, 9.17) is 4.74 Å². The van der Waals surface area contributed by atoms with Crippen LogP contribution in [0.2, 0.25) is 0 Å². The van der Waals surface area contributed by atoms with Gasteiger partial charge >= 0.3 is 0 Å². The lowest BCUT2D eigenvalue weighted by atomic mass is 10.1. The van der Waals surface area contributed by atoms with E-state index in [-0.39, 0.29) is 18.2 Å². The summed E-state index contributed by atoms with van der Waals surface area (Å²) in [6.07, 6.45) is 0.580. The topological polar surface area (TPSA) is 67.4 Å². The third-order valence-corrected chi connectivity index (χ3v) is 3.51. The van der Waals surface area contributed by atoms with Gasteiger partial charge in [0.25, 0.3) is 0 Å². The van der Waals surface area contributed by atoms with E-state index >= 15 is 0 Å². The van der Waals surface area contributed by atoms with Gasteiger partial charge in [0.15, 0.2) is 0 Å². The zero-order chi connectivity index (χ0) is 17.2. The van der Waals surface area contributed by atoms with Crippen molar-refractivity contribution >= 4 is 11.8 Å². The molecule has 0 radical (unpaired) electrons. The van der Waals surface area contributed by atoms with Crippen LogP contribution in [0.3, 0.4) is 0 Å². The maximum absolute atomic E-state index is 11.8. The Morgan fingerprint density at radius 1 is 0.917 bits per heavy atom. The van der Waals surface area contributed by atoms with Gasteiger partial charge in [-0.1, -0.05) is 42.5 Å². The lowest BCUT2D eigenvalue weighted by molar-refractivity contribution is -0.122. The lowest BCUT2D eigenvalue weighted by Gasteiger charge is -2.08. The third kappa shape index (κ3) is 6.12. The average molecular weight is 326 g/mol. The summed E-state index contributed by atoms with van der Waals surface area (Å²) in [6, 6.07) is 17.0. The van der Waals surface area contributed by atoms with Gasteiger partial charge in [-0.2, -0.15) is 0 Å². The Bertz CT molecular complexity index is 671. The highest BCUT2D eigenvalue weighted by Gasteiger charge is 2.05. The van der Waals surface area contributed by atoms with Gasteiger partial charge in [-0.15, -0.1) is 0 Å². The van der Waals surface area contributed by atoms with Gasteiger partial charge in [-0.05, 0) is 23.3 Å². The molecule has 0 spiro atoms. The molecule has 0 aliphatic rings. The molecule has 2 amide bonds. The second kappa shape index (κ2) is 9.35. The molecule has 0 fully saturated rings. The Morgan fingerprint density at radius 3 is 2.42 bits per heavy atom. The number of methoxy groups -OCH3 is 1. The van der Waals surface area contributed by atoms with Gasteiger partial charge in [-0.25, -0.2) is 0 Å². The number of hydrogen-bond donors (Lipinski definition) is 2. The van der Waals surface area contributed by atoms with Crippen molar-refractivity contribution in [2.45, 2.75) is 19.4 Å². The van der Waals surface area contributed by atoms with Crippen molar-refractivity contribution in [1.82, 2.24) is 10.6 Å². The minimum atomic E-state index is -0.0992. The Labute approximate surface area is 142 Å². The minimum Gasteiger partial charge on any atom is -0.497 e. The van der Waals surface area contributed by atoms with E-state index in [1.165, 1.54) is 0 Å². The first-order chi connectivity index (χ1) is 11.7. The minimum absolute atomic E-state index is 0.0817. The molecular weight excluding hydrogens is 304 g/mol. The number of nitrogens with one attached hydrogen (secondary N) is 2. The molecule has 0 atom stereocenters. The number of rotatable bonds is 8. The molecule has 0 bridgehead atoms. The summed E-state index contributed by atoms with van der Waals surface area (Å²) in [5.74, 6) is 0.578. The summed E-state index contributed by atoms with van der Waals surface area (Å²) >= 11 is 0. The molecule has 0 heterocycles. The summed E-state index contributed by atoms with van der Waals surface area (Å²) in [7, 11) is 1.61. The van der Waals surface area contributed by atoms with Crippen LogP contribution < -0.4 is 15.4 Å². The first-order valence-corrected chi connectivity index (χ1v) is 7.87. The number of ether oxygens (including phenoxy) is 1. The largest absolute Gasteiger partial charge is 0.497 e. The zero-order valence-corrected chi connectivity index (χ0v) is 13.7. The van der Waals surface area contributed by atoms with Crippen LogP contribution >= 0.6 is 0 Å². The zero-order valence-electron chi connectivity index (χ0n) is 13.7. The van der Waals surface area contributed by atoms with Crippen molar-refractivity contribution in [2.75, 3.05) is 13.7 Å². The van der Waals surface area contributed by atoms with E-state index in [0.717, 1.165) is 16.9 Å². The first kappa shape index (κ1) is 17.5. The van der Waals surface area contributed by atoms with Gasteiger partial charge in [0.2, 0.25) is 11.8 Å². The van der Waals surface area contributed by atoms with E-state index in [1.54, 1.807) is 7.11 Å². The van der Waals surface area contributed by atoms with Crippen molar-refractivity contribution in [3.05, 3.63) is 65.7 Å². The Balaban J connectivity index is 1.65. The summed E-state index contributed by atoms with van der Waals surface area (Å²) in [4.78, 5) is 23.6. The van der Waals surface area contributed by atoms with Crippen LogP contribution in [0, 0.1) is 0 Å². The molecule has 2 aromatic rings. The maximum atomic E-state index is 11.8. The van der Waals surface area contributed by atoms with Crippen LogP contribution in [0.5, 0.6) is 5.75 Å². The molecule has 0 unspecified atom stereocenters. The lowest BCUT2D eigenvalue weighted by Crippen LogP contribution is -2.31.